The molecule has 0 saturated carbocycles. The number of fused-ring (bicyclic) bond motifs is 6. The van der Waals surface area contributed by atoms with Gasteiger partial charge in [0.15, 0.2) is 0 Å². The van der Waals surface area contributed by atoms with Gasteiger partial charge >= 0.3 is 0 Å². The lowest BCUT2D eigenvalue weighted by Crippen LogP contribution is -2.36. The van der Waals surface area contributed by atoms with Gasteiger partial charge in [-0.05, 0) is 117 Å². The molecule has 0 amide bonds. The summed E-state index contributed by atoms with van der Waals surface area (Å²) in [6, 6.07) is 69.9. The molecule has 2 heteroatoms. The summed E-state index contributed by atoms with van der Waals surface area (Å²) in [7, 11) is 0. The zero-order valence-corrected chi connectivity index (χ0v) is 33.7. The number of anilines is 3. The van der Waals surface area contributed by atoms with E-state index in [1.54, 1.807) is 0 Å². The molecule has 60 heavy (non-hydrogen) atoms. The molecule has 0 fully saturated rings. The number of phenolic OH excluding ortho intramolecular Hbond substituents is 1. The van der Waals surface area contributed by atoms with Gasteiger partial charge in [-0.1, -0.05) is 178 Å². The predicted molar refractivity (Wildman–Crippen MR) is 247 cm³/mol. The Labute approximate surface area is 353 Å². The Hall–Kier alpha value is -7.34. The van der Waals surface area contributed by atoms with E-state index in [0.717, 1.165) is 62.4 Å². The summed E-state index contributed by atoms with van der Waals surface area (Å²) in [5, 5.41) is 11.8. The molecule has 0 heterocycles. The maximum atomic E-state index is 11.8. The molecule has 2 atom stereocenters. The molecule has 0 aliphatic heterocycles. The summed E-state index contributed by atoms with van der Waals surface area (Å²) in [5.41, 5.74) is 17.7. The maximum absolute atomic E-state index is 11.8. The number of nitrogens with zero attached hydrogens (tertiary/aromatic N) is 1. The van der Waals surface area contributed by atoms with Crippen molar-refractivity contribution in [2.45, 2.75) is 31.1 Å². The van der Waals surface area contributed by atoms with Gasteiger partial charge in [0.05, 0.1) is 11.1 Å². The zero-order valence-electron chi connectivity index (χ0n) is 33.7. The third-order valence-corrected chi connectivity index (χ3v) is 13.3. The molecule has 2 nitrogen and oxygen atoms in total. The summed E-state index contributed by atoms with van der Waals surface area (Å²) >= 11 is 0. The maximum Gasteiger partial charge on any atom is 0.123 e. The molecule has 8 aromatic rings. The number of rotatable bonds is 7. The van der Waals surface area contributed by atoms with Gasteiger partial charge in [-0.15, -0.1) is 0 Å². The van der Waals surface area contributed by atoms with Crippen LogP contribution >= 0.6 is 0 Å². The lowest BCUT2D eigenvalue weighted by molar-refractivity contribution is 0.453. The number of aromatic hydroxyl groups is 1. The quantitative estimate of drug-likeness (QED) is 0.174. The Morgan fingerprint density at radius 2 is 1.23 bits per heavy atom. The van der Waals surface area contributed by atoms with Gasteiger partial charge in [-0.3, -0.25) is 0 Å². The predicted octanol–water partition coefficient (Wildman–Crippen LogP) is 14.5. The van der Waals surface area contributed by atoms with E-state index in [1.165, 1.54) is 33.4 Å². The highest BCUT2D eigenvalue weighted by Gasteiger charge is 2.51. The fraction of sp³-hybridized carbons (Fsp3) is 0.103. The number of hydrogen-bond donors (Lipinski definition) is 1. The highest BCUT2D eigenvalue weighted by Crippen LogP contribution is 2.62. The first-order valence-corrected chi connectivity index (χ1v) is 20.9. The summed E-state index contributed by atoms with van der Waals surface area (Å²) in [5.74, 6) is 0.386. The lowest BCUT2D eigenvalue weighted by Gasteiger charge is -2.39. The molecule has 0 aromatic heterocycles. The molecule has 3 aliphatic rings. The summed E-state index contributed by atoms with van der Waals surface area (Å²) in [6.07, 6.45) is 9.76. The van der Waals surface area contributed by atoms with Crippen LogP contribution < -0.4 is 4.90 Å². The second-order valence-corrected chi connectivity index (χ2v) is 16.8. The van der Waals surface area contributed by atoms with Crippen molar-refractivity contribution in [3.63, 3.8) is 0 Å². The second kappa shape index (κ2) is 13.9. The first-order chi connectivity index (χ1) is 29.5. The minimum atomic E-state index is -0.604. The van der Waals surface area contributed by atoms with E-state index in [9.17, 15) is 5.11 Å². The smallest absolute Gasteiger partial charge is 0.123 e. The highest BCUT2D eigenvalue weighted by molar-refractivity contribution is 5.95. The lowest BCUT2D eigenvalue weighted by atomic mass is 9.61. The van der Waals surface area contributed by atoms with Gasteiger partial charge in [0.25, 0.3) is 0 Å². The highest BCUT2D eigenvalue weighted by atomic mass is 16.3. The summed E-state index contributed by atoms with van der Waals surface area (Å²) < 4.78 is 0. The largest absolute Gasteiger partial charge is 0.507 e. The van der Waals surface area contributed by atoms with Gasteiger partial charge in [0.2, 0.25) is 0 Å². The van der Waals surface area contributed by atoms with Crippen LogP contribution in [-0.4, -0.2) is 5.11 Å². The van der Waals surface area contributed by atoms with Crippen molar-refractivity contribution in [3.8, 4) is 50.3 Å². The van der Waals surface area contributed by atoms with Gasteiger partial charge in [0.1, 0.15) is 5.75 Å². The Bertz CT molecular complexity index is 2990. The summed E-state index contributed by atoms with van der Waals surface area (Å²) in [6.45, 7) is 4.69. The molecular weight excluding hydrogens is 727 g/mol. The van der Waals surface area contributed by atoms with Crippen LogP contribution in [0.25, 0.3) is 44.5 Å². The van der Waals surface area contributed by atoms with Crippen LogP contribution in [0.15, 0.2) is 200 Å². The van der Waals surface area contributed by atoms with Crippen LogP contribution in [0.3, 0.4) is 0 Å². The average molecular weight is 770 g/mol. The molecule has 0 radical (unpaired) electrons. The van der Waals surface area contributed by atoms with Crippen LogP contribution in [0.2, 0.25) is 0 Å². The summed E-state index contributed by atoms with van der Waals surface area (Å²) in [4.78, 5) is 2.42. The van der Waals surface area contributed by atoms with Gasteiger partial charge in [-0.2, -0.15) is 0 Å². The van der Waals surface area contributed by atoms with Gasteiger partial charge in [-0.25, -0.2) is 0 Å². The van der Waals surface area contributed by atoms with E-state index in [2.05, 4.69) is 219 Å². The monoisotopic (exact) mass is 769 g/mol. The Balaban J connectivity index is 1.11. The normalized spacial score (nSPS) is 17.6. The third kappa shape index (κ3) is 5.29. The van der Waals surface area contributed by atoms with Crippen LogP contribution in [-0.2, 0) is 10.8 Å². The van der Waals surface area contributed by atoms with Crippen molar-refractivity contribution in [1.82, 2.24) is 0 Å². The van der Waals surface area contributed by atoms with Crippen LogP contribution in [0, 0.1) is 18.1 Å². The Kier molecular flexibility index (Phi) is 8.29. The van der Waals surface area contributed by atoms with Crippen molar-refractivity contribution in [1.29, 1.82) is 0 Å². The first kappa shape index (κ1) is 35.8. The minimum Gasteiger partial charge on any atom is -0.507 e. The van der Waals surface area contributed by atoms with Gasteiger partial charge in [0, 0.05) is 33.5 Å². The number of para-hydroxylation sites is 1. The van der Waals surface area contributed by atoms with E-state index < -0.39 is 5.41 Å². The SMILES string of the molecule is CC1(C)c2ccccc2-c2ccc(N(c3ccc(-c4ccc(O)c5c4C(c4c#cccc4)(C4C=CC=CC4)c4ccccc4-5)cc3)c3ccccc3-c3ccccc3)cc21. The molecular formula is C58H43NO. The van der Waals surface area contributed by atoms with Crippen LogP contribution in [0.4, 0.5) is 17.1 Å². The molecule has 0 bridgehead atoms. The van der Waals surface area contributed by atoms with E-state index in [-0.39, 0.29) is 11.3 Å². The standard InChI is InChI=1S/C58H43NO/c1-57(2)50-27-15-12-25-47(50)48-35-34-44(38-52(48)57)59(53-29-17-14-24-45(53)39-18-6-3-7-19-39)43-32-30-40(31-33-43)46-36-37-54(60)55-49-26-13-16-28-51(49)58(56(46)55,41-20-8-4-9-21-41)42-22-10-5-11-23-42/h3-10,12-20,22,24-38,41,60H,21H2,1-2H3. The molecule has 0 saturated heterocycles. The first-order valence-electron chi connectivity index (χ1n) is 20.9. The molecule has 11 rings (SSSR count). The number of benzene rings is 7. The number of hydrogen-bond acceptors (Lipinski definition) is 2. The Morgan fingerprint density at radius 3 is 2.00 bits per heavy atom. The van der Waals surface area contributed by atoms with Crippen LogP contribution in [0.5, 0.6) is 5.75 Å². The molecule has 286 valence electrons. The van der Waals surface area contributed by atoms with Crippen molar-refractivity contribution in [2.75, 3.05) is 4.90 Å². The minimum absolute atomic E-state index is 0.0944. The fourth-order valence-electron chi connectivity index (χ4n) is 10.6. The van der Waals surface area contributed by atoms with Crippen LogP contribution in [0.1, 0.15) is 48.1 Å². The van der Waals surface area contributed by atoms with Crippen molar-refractivity contribution >= 4 is 17.1 Å². The molecule has 0 spiro atoms. The van der Waals surface area contributed by atoms with E-state index in [0.29, 0.717) is 5.75 Å². The van der Waals surface area contributed by atoms with E-state index in [1.807, 2.05) is 12.1 Å². The van der Waals surface area contributed by atoms with Crippen molar-refractivity contribution in [3.05, 3.63) is 240 Å². The third-order valence-electron chi connectivity index (χ3n) is 13.3. The molecule has 1 N–H and O–H groups in total. The second-order valence-electron chi connectivity index (χ2n) is 16.8. The molecule has 2 unspecified atom stereocenters. The van der Waals surface area contributed by atoms with E-state index >= 15 is 0 Å². The zero-order chi connectivity index (χ0) is 40.4. The molecule has 8 aromatic carbocycles. The van der Waals surface area contributed by atoms with E-state index in [4.69, 9.17) is 0 Å². The van der Waals surface area contributed by atoms with Gasteiger partial charge < -0.3 is 10.0 Å². The molecule has 3 aliphatic carbocycles. The topological polar surface area (TPSA) is 23.5 Å². The average Bonchev–Trinajstić information content (AvgIpc) is 3.75. The fourth-order valence-corrected chi connectivity index (χ4v) is 10.6. The number of phenols is 1. The number of allylic oxidation sites excluding steroid dienone is 4. The Morgan fingerprint density at radius 1 is 0.567 bits per heavy atom. The van der Waals surface area contributed by atoms with Crippen molar-refractivity contribution < 1.29 is 5.11 Å². The van der Waals surface area contributed by atoms with Crippen molar-refractivity contribution in [2.24, 2.45) is 5.92 Å².